The van der Waals surface area contributed by atoms with Crippen LogP contribution < -0.4 is 5.32 Å². The molecule has 2 aromatic carbocycles. The van der Waals surface area contributed by atoms with Gasteiger partial charge in [0.15, 0.2) is 0 Å². The average Bonchev–Trinajstić information content (AvgIpc) is 2.91. The Labute approximate surface area is 117 Å². The van der Waals surface area contributed by atoms with Crippen LogP contribution in [0.15, 0.2) is 47.2 Å². The lowest BCUT2D eigenvalue weighted by Crippen LogP contribution is -2.12. The van der Waals surface area contributed by atoms with E-state index in [4.69, 9.17) is 0 Å². The Morgan fingerprint density at radius 2 is 1.95 bits per heavy atom. The molecule has 0 fully saturated rings. The molecule has 0 spiro atoms. The van der Waals surface area contributed by atoms with E-state index in [2.05, 4.69) is 36.4 Å². The SMILES string of the molecule is O=C(Nc1ncn[nH]1)c1ccc2cc(Br)ccc2c1. The van der Waals surface area contributed by atoms with E-state index in [0.29, 0.717) is 11.5 Å². The van der Waals surface area contributed by atoms with Crippen LogP contribution in [0.2, 0.25) is 0 Å². The molecule has 19 heavy (non-hydrogen) atoms. The molecule has 6 heteroatoms. The van der Waals surface area contributed by atoms with Crippen LogP contribution in [0.5, 0.6) is 0 Å². The molecule has 94 valence electrons. The van der Waals surface area contributed by atoms with E-state index in [1.54, 1.807) is 6.07 Å². The predicted molar refractivity (Wildman–Crippen MR) is 76.0 cm³/mol. The van der Waals surface area contributed by atoms with Gasteiger partial charge in [0.1, 0.15) is 6.33 Å². The van der Waals surface area contributed by atoms with Gasteiger partial charge in [-0.2, -0.15) is 10.1 Å². The molecule has 0 atom stereocenters. The van der Waals surface area contributed by atoms with Crippen LogP contribution in [-0.4, -0.2) is 21.1 Å². The number of rotatable bonds is 2. The lowest BCUT2D eigenvalue weighted by Gasteiger charge is -2.04. The van der Waals surface area contributed by atoms with E-state index in [1.165, 1.54) is 6.33 Å². The molecule has 0 aliphatic heterocycles. The topological polar surface area (TPSA) is 70.7 Å². The number of carbonyl (C=O) groups is 1. The van der Waals surface area contributed by atoms with Gasteiger partial charge in [-0.3, -0.25) is 10.1 Å². The molecule has 1 aromatic heterocycles. The first-order valence-corrected chi connectivity index (χ1v) is 6.38. The first-order valence-electron chi connectivity index (χ1n) is 5.58. The van der Waals surface area contributed by atoms with Crippen LogP contribution in [-0.2, 0) is 0 Å². The van der Waals surface area contributed by atoms with Crippen molar-refractivity contribution in [1.82, 2.24) is 15.2 Å². The van der Waals surface area contributed by atoms with Gasteiger partial charge < -0.3 is 0 Å². The maximum absolute atomic E-state index is 12.0. The molecule has 0 saturated carbocycles. The summed E-state index contributed by atoms with van der Waals surface area (Å²) >= 11 is 3.42. The third kappa shape index (κ3) is 2.48. The van der Waals surface area contributed by atoms with E-state index < -0.39 is 0 Å². The minimum absolute atomic E-state index is 0.221. The Morgan fingerprint density at radius 1 is 1.16 bits per heavy atom. The second-order valence-corrected chi connectivity index (χ2v) is 4.91. The number of nitrogens with one attached hydrogen (secondary N) is 2. The fourth-order valence-corrected chi connectivity index (χ4v) is 2.18. The summed E-state index contributed by atoms with van der Waals surface area (Å²) in [4.78, 5) is 15.9. The average molecular weight is 317 g/mol. The van der Waals surface area contributed by atoms with Crippen molar-refractivity contribution in [1.29, 1.82) is 0 Å². The van der Waals surface area contributed by atoms with Gasteiger partial charge in [0.25, 0.3) is 5.91 Å². The number of fused-ring (bicyclic) bond motifs is 1. The molecule has 1 amide bonds. The van der Waals surface area contributed by atoms with Crippen LogP contribution in [0, 0.1) is 0 Å². The van der Waals surface area contributed by atoms with E-state index in [0.717, 1.165) is 15.2 Å². The Hall–Kier alpha value is -2.21. The van der Waals surface area contributed by atoms with E-state index in [-0.39, 0.29) is 5.91 Å². The molecule has 3 rings (SSSR count). The summed E-state index contributed by atoms with van der Waals surface area (Å²) in [5, 5.41) is 11.0. The summed E-state index contributed by atoms with van der Waals surface area (Å²) in [5.41, 5.74) is 0.575. The monoisotopic (exact) mass is 316 g/mol. The number of anilines is 1. The summed E-state index contributed by atoms with van der Waals surface area (Å²) in [6.07, 6.45) is 1.34. The molecule has 0 unspecified atom stereocenters. The normalized spacial score (nSPS) is 10.6. The van der Waals surface area contributed by atoms with Crippen molar-refractivity contribution in [3.8, 4) is 0 Å². The van der Waals surface area contributed by atoms with Gasteiger partial charge in [0.2, 0.25) is 5.95 Å². The zero-order valence-electron chi connectivity index (χ0n) is 9.72. The minimum atomic E-state index is -0.221. The van der Waals surface area contributed by atoms with Gasteiger partial charge in [-0.1, -0.05) is 28.1 Å². The Morgan fingerprint density at radius 3 is 2.74 bits per heavy atom. The number of aromatic amines is 1. The first-order chi connectivity index (χ1) is 9.22. The number of hydrogen-bond acceptors (Lipinski definition) is 3. The molecule has 3 aromatic rings. The Bertz CT molecular complexity index is 739. The minimum Gasteiger partial charge on any atom is -0.291 e. The van der Waals surface area contributed by atoms with Gasteiger partial charge in [-0.15, -0.1) is 0 Å². The summed E-state index contributed by atoms with van der Waals surface area (Å²) in [7, 11) is 0. The third-order valence-electron chi connectivity index (χ3n) is 2.71. The highest BCUT2D eigenvalue weighted by Gasteiger charge is 2.08. The number of halogens is 1. The van der Waals surface area contributed by atoms with Gasteiger partial charge in [-0.05, 0) is 35.0 Å². The second-order valence-electron chi connectivity index (χ2n) is 3.99. The standard InChI is InChI=1S/C13H9BrN4O/c14-11-4-3-8-5-10(2-1-9(8)6-11)12(19)17-13-15-7-16-18-13/h1-7H,(H2,15,16,17,18,19). The largest absolute Gasteiger partial charge is 0.291 e. The highest BCUT2D eigenvalue weighted by Crippen LogP contribution is 2.21. The number of benzene rings is 2. The Kier molecular flexibility index (Phi) is 3.00. The molecule has 5 nitrogen and oxygen atoms in total. The number of hydrogen-bond donors (Lipinski definition) is 2. The zero-order valence-corrected chi connectivity index (χ0v) is 11.3. The lowest BCUT2D eigenvalue weighted by atomic mass is 10.1. The highest BCUT2D eigenvalue weighted by atomic mass is 79.9. The van der Waals surface area contributed by atoms with Crippen LogP contribution in [0.1, 0.15) is 10.4 Å². The summed E-state index contributed by atoms with van der Waals surface area (Å²) < 4.78 is 1.01. The lowest BCUT2D eigenvalue weighted by molar-refractivity contribution is 0.102. The highest BCUT2D eigenvalue weighted by molar-refractivity contribution is 9.10. The van der Waals surface area contributed by atoms with Crippen LogP contribution in [0.3, 0.4) is 0 Å². The molecule has 0 radical (unpaired) electrons. The van der Waals surface area contributed by atoms with Crippen molar-refractivity contribution in [3.05, 3.63) is 52.8 Å². The van der Waals surface area contributed by atoms with Crippen LogP contribution in [0.25, 0.3) is 10.8 Å². The van der Waals surface area contributed by atoms with Crippen molar-refractivity contribution >= 4 is 38.6 Å². The molecule has 1 heterocycles. The molecular weight excluding hydrogens is 308 g/mol. The molecule has 0 aliphatic rings. The van der Waals surface area contributed by atoms with Crippen molar-refractivity contribution in [2.45, 2.75) is 0 Å². The van der Waals surface area contributed by atoms with Crippen molar-refractivity contribution in [3.63, 3.8) is 0 Å². The fourth-order valence-electron chi connectivity index (χ4n) is 1.80. The summed E-state index contributed by atoms with van der Waals surface area (Å²) in [6, 6.07) is 11.4. The molecular formula is C13H9BrN4O. The second kappa shape index (κ2) is 4.81. The maximum atomic E-state index is 12.0. The van der Waals surface area contributed by atoms with E-state index in [1.807, 2.05) is 30.3 Å². The summed E-state index contributed by atoms with van der Waals surface area (Å²) in [5.74, 6) is 0.113. The molecule has 0 saturated heterocycles. The maximum Gasteiger partial charge on any atom is 0.258 e. The number of aromatic nitrogens is 3. The molecule has 2 N–H and O–H groups in total. The van der Waals surface area contributed by atoms with E-state index >= 15 is 0 Å². The zero-order chi connectivity index (χ0) is 13.2. The smallest absolute Gasteiger partial charge is 0.258 e. The number of amides is 1. The Balaban J connectivity index is 1.92. The number of nitrogens with zero attached hydrogens (tertiary/aromatic N) is 2. The first kappa shape index (κ1) is 11.9. The predicted octanol–water partition coefficient (Wildman–Crippen LogP) is 2.97. The van der Waals surface area contributed by atoms with Crippen molar-refractivity contribution in [2.24, 2.45) is 0 Å². The van der Waals surface area contributed by atoms with Gasteiger partial charge in [-0.25, -0.2) is 5.10 Å². The van der Waals surface area contributed by atoms with Crippen molar-refractivity contribution < 1.29 is 4.79 Å². The van der Waals surface area contributed by atoms with Crippen LogP contribution >= 0.6 is 15.9 Å². The number of carbonyl (C=O) groups excluding carboxylic acids is 1. The fraction of sp³-hybridized carbons (Fsp3) is 0. The third-order valence-corrected chi connectivity index (χ3v) is 3.20. The van der Waals surface area contributed by atoms with Gasteiger partial charge in [0.05, 0.1) is 0 Å². The van der Waals surface area contributed by atoms with E-state index in [9.17, 15) is 4.79 Å². The number of H-pyrrole nitrogens is 1. The molecule has 0 bridgehead atoms. The quantitative estimate of drug-likeness (QED) is 0.763. The summed E-state index contributed by atoms with van der Waals surface area (Å²) in [6.45, 7) is 0. The van der Waals surface area contributed by atoms with Crippen LogP contribution in [0.4, 0.5) is 5.95 Å². The van der Waals surface area contributed by atoms with Crippen molar-refractivity contribution in [2.75, 3.05) is 5.32 Å². The molecule has 0 aliphatic carbocycles. The van der Waals surface area contributed by atoms with Gasteiger partial charge in [0, 0.05) is 10.0 Å². The van der Waals surface area contributed by atoms with Gasteiger partial charge >= 0.3 is 0 Å².